The molecule has 0 unspecified atom stereocenters. The number of carbonyl (C=O) groups is 1. The molecule has 0 aliphatic heterocycles. The van der Waals surface area contributed by atoms with Gasteiger partial charge in [0.2, 0.25) is 0 Å². The minimum Gasteiger partial charge on any atom is -0.504 e. The van der Waals surface area contributed by atoms with Gasteiger partial charge < -0.3 is 20.3 Å². The van der Waals surface area contributed by atoms with Crippen LogP contribution in [0.4, 0.5) is 8.78 Å². The summed E-state index contributed by atoms with van der Waals surface area (Å²) in [6.07, 6.45) is 0. The van der Waals surface area contributed by atoms with Gasteiger partial charge in [0.15, 0.2) is 11.5 Å². The summed E-state index contributed by atoms with van der Waals surface area (Å²) in [5.74, 6) is -6.21. The Kier molecular flexibility index (Phi) is 6.67. The van der Waals surface area contributed by atoms with Gasteiger partial charge in [-0.1, -0.05) is 12.1 Å². The summed E-state index contributed by atoms with van der Waals surface area (Å²) in [5, 5.41) is 9.74. The van der Waals surface area contributed by atoms with Crippen LogP contribution < -0.4 is 10.5 Å². The van der Waals surface area contributed by atoms with Gasteiger partial charge in [-0.15, -0.1) is 12.4 Å². The third-order valence-corrected chi connectivity index (χ3v) is 2.52. The van der Waals surface area contributed by atoms with E-state index in [0.717, 1.165) is 0 Å². The highest BCUT2D eigenvalue weighted by molar-refractivity contribution is 5.85. The SMILES string of the molecule is CCOC(=O)C(F)(F)[C@@H](N)c1cccc(OC)c1O.Cl. The fraction of sp³-hybridized carbons (Fsp3) is 0.417. The molecule has 0 heterocycles. The molecule has 0 aromatic heterocycles. The molecule has 0 aliphatic carbocycles. The van der Waals surface area contributed by atoms with E-state index in [4.69, 9.17) is 10.5 Å². The second-order valence-corrected chi connectivity index (χ2v) is 3.72. The minimum atomic E-state index is -3.94. The van der Waals surface area contributed by atoms with Crippen LogP contribution in [-0.2, 0) is 9.53 Å². The van der Waals surface area contributed by atoms with Crippen molar-refractivity contribution in [3.63, 3.8) is 0 Å². The zero-order chi connectivity index (χ0) is 14.6. The maximum absolute atomic E-state index is 13.7. The number of phenolic OH excluding ortho intramolecular Hbond substituents is 1. The number of ether oxygens (including phenoxy) is 2. The van der Waals surface area contributed by atoms with Crippen molar-refractivity contribution >= 4 is 18.4 Å². The number of aromatic hydroxyl groups is 1. The van der Waals surface area contributed by atoms with Crippen LogP contribution in [0.25, 0.3) is 0 Å². The molecule has 0 amide bonds. The number of rotatable bonds is 5. The zero-order valence-electron chi connectivity index (χ0n) is 10.9. The molecule has 5 nitrogen and oxygen atoms in total. The Hall–Kier alpha value is -1.60. The molecule has 0 spiro atoms. The molecule has 0 saturated carbocycles. The van der Waals surface area contributed by atoms with Crippen LogP contribution in [0.3, 0.4) is 0 Å². The van der Waals surface area contributed by atoms with Crippen molar-refractivity contribution in [1.82, 2.24) is 0 Å². The summed E-state index contributed by atoms with van der Waals surface area (Å²) in [6, 6.07) is 1.93. The summed E-state index contributed by atoms with van der Waals surface area (Å²) in [4.78, 5) is 11.2. The van der Waals surface area contributed by atoms with Crippen LogP contribution in [-0.4, -0.2) is 30.7 Å². The monoisotopic (exact) mass is 311 g/mol. The number of halogens is 3. The maximum atomic E-state index is 13.7. The number of phenols is 1. The van der Waals surface area contributed by atoms with Crippen molar-refractivity contribution in [2.45, 2.75) is 18.9 Å². The molecule has 1 aromatic carbocycles. The Labute approximate surface area is 121 Å². The Morgan fingerprint density at radius 2 is 2.10 bits per heavy atom. The van der Waals surface area contributed by atoms with Crippen LogP contribution in [0, 0.1) is 0 Å². The zero-order valence-corrected chi connectivity index (χ0v) is 11.7. The fourth-order valence-electron chi connectivity index (χ4n) is 1.50. The average Bonchev–Trinajstić information content (AvgIpc) is 2.38. The predicted octanol–water partition coefficient (Wildman–Crippen LogP) is 2.02. The highest BCUT2D eigenvalue weighted by atomic mass is 35.5. The molecule has 1 aromatic rings. The van der Waals surface area contributed by atoms with Crippen molar-refractivity contribution in [2.75, 3.05) is 13.7 Å². The maximum Gasteiger partial charge on any atom is 0.379 e. The molecule has 0 radical (unpaired) electrons. The van der Waals surface area contributed by atoms with Gasteiger partial charge >= 0.3 is 11.9 Å². The number of benzene rings is 1. The van der Waals surface area contributed by atoms with E-state index >= 15 is 0 Å². The van der Waals surface area contributed by atoms with Crippen molar-refractivity contribution in [2.24, 2.45) is 5.73 Å². The van der Waals surface area contributed by atoms with E-state index in [1.807, 2.05) is 0 Å². The predicted molar refractivity (Wildman–Crippen MR) is 70.4 cm³/mol. The topological polar surface area (TPSA) is 81.8 Å². The van der Waals surface area contributed by atoms with Crippen molar-refractivity contribution in [3.8, 4) is 11.5 Å². The van der Waals surface area contributed by atoms with Crippen LogP contribution in [0.2, 0.25) is 0 Å². The number of alkyl halides is 2. The van der Waals surface area contributed by atoms with E-state index in [9.17, 15) is 18.7 Å². The van der Waals surface area contributed by atoms with E-state index in [-0.39, 0.29) is 30.3 Å². The van der Waals surface area contributed by atoms with E-state index in [1.165, 1.54) is 32.2 Å². The first kappa shape index (κ1) is 18.4. The molecule has 0 saturated heterocycles. The summed E-state index contributed by atoms with van der Waals surface area (Å²) >= 11 is 0. The van der Waals surface area contributed by atoms with Gasteiger partial charge in [-0.2, -0.15) is 8.78 Å². The molecule has 0 fully saturated rings. The Morgan fingerprint density at radius 1 is 1.50 bits per heavy atom. The highest BCUT2D eigenvalue weighted by Crippen LogP contribution is 2.39. The van der Waals surface area contributed by atoms with Crippen LogP contribution in [0.1, 0.15) is 18.5 Å². The lowest BCUT2D eigenvalue weighted by molar-refractivity contribution is -0.174. The summed E-state index contributed by atoms with van der Waals surface area (Å²) in [7, 11) is 1.27. The second-order valence-electron chi connectivity index (χ2n) is 3.72. The third kappa shape index (κ3) is 3.49. The number of carbonyl (C=O) groups excluding carboxylic acids is 1. The van der Waals surface area contributed by atoms with E-state index < -0.39 is 23.7 Å². The smallest absolute Gasteiger partial charge is 0.379 e. The summed E-state index contributed by atoms with van der Waals surface area (Å²) < 4.78 is 36.5. The minimum absolute atomic E-state index is 0. The van der Waals surface area contributed by atoms with E-state index in [1.54, 1.807) is 0 Å². The molecule has 20 heavy (non-hydrogen) atoms. The van der Waals surface area contributed by atoms with Crippen molar-refractivity contribution in [3.05, 3.63) is 23.8 Å². The molecule has 0 aliphatic rings. The lowest BCUT2D eigenvalue weighted by Crippen LogP contribution is -2.41. The van der Waals surface area contributed by atoms with Gasteiger partial charge in [0.25, 0.3) is 0 Å². The number of nitrogens with two attached hydrogens (primary N) is 1. The molecule has 8 heteroatoms. The number of methoxy groups -OCH3 is 1. The highest BCUT2D eigenvalue weighted by Gasteiger charge is 2.48. The van der Waals surface area contributed by atoms with Crippen LogP contribution in [0.5, 0.6) is 11.5 Å². The first-order valence-corrected chi connectivity index (χ1v) is 5.52. The first-order valence-electron chi connectivity index (χ1n) is 5.52. The largest absolute Gasteiger partial charge is 0.504 e. The standard InChI is InChI=1S/C12H15F2NO4.ClH/c1-3-19-11(17)12(13,14)10(15)7-5-4-6-8(18-2)9(7)16;/h4-6,10,16H,3,15H2,1-2H3;1H/t10-;/m0./s1. The molecule has 1 atom stereocenters. The van der Waals surface area contributed by atoms with Gasteiger partial charge in [-0.25, -0.2) is 4.79 Å². The summed E-state index contributed by atoms with van der Waals surface area (Å²) in [5.41, 5.74) is 5.07. The summed E-state index contributed by atoms with van der Waals surface area (Å²) in [6.45, 7) is 1.22. The van der Waals surface area contributed by atoms with E-state index in [0.29, 0.717) is 0 Å². The quantitative estimate of drug-likeness (QED) is 0.813. The van der Waals surface area contributed by atoms with Gasteiger partial charge in [0.1, 0.15) is 6.04 Å². The van der Waals surface area contributed by atoms with Gasteiger partial charge in [-0.05, 0) is 13.0 Å². The Morgan fingerprint density at radius 3 is 2.60 bits per heavy atom. The number of hydrogen-bond acceptors (Lipinski definition) is 5. The second kappa shape index (κ2) is 7.25. The normalized spacial score (nSPS) is 12.2. The average molecular weight is 312 g/mol. The lowest BCUT2D eigenvalue weighted by atomic mass is 10.00. The third-order valence-electron chi connectivity index (χ3n) is 2.52. The van der Waals surface area contributed by atoms with Crippen molar-refractivity contribution in [1.29, 1.82) is 0 Å². The molecular formula is C12H16ClF2NO4. The van der Waals surface area contributed by atoms with Crippen LogP contribution in [0.15, 0.2) is 18.2 Å². The molecular weight excluding hydrogens is 296 g/mol. The Balaban J connectivity index is 0.00000361. The first-order chi connectivity index (χ1) is 8.86. The Bertz CT molecular complexity index is 471. The van der Waals surface area contributed by atoms with E-state index in [2.05, 4.69) is 4.74 Å². The number of hydrogen-bond donors (Lipinski definition) is 2. The van der Waals surface area contributed by atoms with Gasteiger partial charge in [0, 0.05) is 5.56 Å². The van der Waals surface area contributed by atoms with Crippen molar-refractivity contribution < 1.29 is 28.2 Å². The van der Waals surface area contributed by atoms with Gasteiger partial charge in [-0.3, -0.25) is 0 Å². The number of para-hydroxylation sites is 1. The fourth-order valence-corrected chi connectivity index (χ4v) is 1.50. The molecule has 0 bridgehead atoms. The molecule has 1 rings (SSSR count). The van der Waals surface area contributed by atoms with Gasteiger partial charge in [0.05, 0.1) is 13.7 Å². The van der Waals surface area contributed by atoms with Crippen LogP contribution >= 0.6 is 12.4 Å². The molecule has 114 valence electrons. The lowest BCUT2D eigenvalue weighted by Gasteiger charge is -2.23. The number of esters is 1. The molecule has 3 N–H and O–H groups in total.